The smallest absolute Gasteiger partial charge is 0.237 e. The van der Waals surface area contributed by atoms with Crippen molar-refractivity contribution in [3.8, 4) is 0 Å². The van der Waals surface area contributed by atoms with Crippen LogP contribution in [0.25, 0.3) is 0 Å². The van der Waals surface area contributed by atoms with Gasteiger partial charge < -0.3 is 16.0 Å². The lowest BCUT2D eigenvalue weighted by molar-refractivity contribution is -0.123. The van der Waals surface area contributed by atoms with Gasteiger partial charge in [-0.15, -0.1) is 12.4 Å². The molecule has 0 unspecified atom stereocenters. The maximum Gasteiger partial charge on any atom is 0.237 e. The Bertz CT molecular complexity index is 200. The number of nitrogens with two attached hydrogens (primary N) is 1. The Hall–Kier alpha value is -0.320. The van der Waals surface area contributed by atoms with E-state index in [1.54, 1.807) is 0 Å². The first-order valence-electron chi connectivity index (χ1n) is 6.20. The van der Waals surface area contributed by atoms with Gasteiger partial charge in [-0.1, -0.05) is 27.2 Å². The van der Waals surface area contributed by atoms with Crippen LogP contribution in [0, 0.1) is 5.92 Å². The number of carbonyl (C=O) groups excluding carboxylic acids is 1. The minimum absolute atomic E-state index is 0. The molecule has 3 N–H and O–H groups in total. The molecule has 0 radical (unpaired) electrons. The molecule has 5 heteroatoms. The number of carbonyl (C=O) groups is 1. The Kier molecular flexibility index (Phi) is 12.1. The Morgan fingerprint density at radius 1 is 1.35 bits per heavy atom. The van der Waals surface area contributed by atoms with Crippen molar-refractivity contribution in [2.45, 2.75) is 39.7 Å². The van der Waals surface area contributed by atoms with E-state index in [1.807, 2.05) is 13.8 Å². The Morgan fingerprint density at radius 2 is 1.94 bits per heavy atom. The molecule has 0 spiro atoms. The van der Waals surface area contributed by atoms with Crippen LogP contribution in [0.3, 0.4) is 0 Å². The predicted octanol–water partition coefficient (Wildman–Crippen LogP) is 1.24. The molecule has 0 aromatic rings. The van der Waals surface area contributed by atoms with E-state index in [0.29, 0.717) is 6.54 Å². The number of amides is 1. The summed E-state index contributed by atoms with van der Waals surface area (Å²) in [5.41, 5.74) is 5.73. The van der Waals surface area contributed by atoms with Crippen LogP contribution in [0.5, 0.6) is 0 Å². The molecule has 0 bridgehead atoms. The summed E-state index contributed by atoms with van der Waals surface area (Å²) in [4.78, 5) is 13.8. The van der Waals surface area contributed by atoms with Crippen LogP contribution in [0.2, 0.25) is 0 Å². The molecule has 0 aliphatic carbocycles. The average Bonchev–Trinajstić information content (AvgIpc) is 2.24. The quantitative estimate of drug-likeness (QED) is 0.694. The lowest BCUT2D eigenvalue weighted by Gasteiger charge is -2.19. The van der Waals surface area contributed by atoms with Crippen LogP contribution >= 0.6 is 12.4 Å². The summed E-state index contributed by atoms with van der Waals surface area (Å²) in [6.07, 6.45) is 2.41. The number of hydrogen-bond donors (Lipinski definition) is 2. The molecule has 0 saturated heterocycles. The van der Waals surface area contributed by atoms with E-state index in [9.17, 15) is 4.79 Å². The molecule has 0 rings (SSSR count). The molecular formula is C12H28ClN3O. The normalized spacial score (nSPS) is 12.4. The monoisotopic (exact) mass is 265 g/mol. The fourth-order valence-electron chi connectivity index (χ4n) is 1.33. The van der Waals surface area contributed by atoms with E-state index in [-0.39, 0.29) is 30.3 Å². The topological polar surface area (TPSA) is 58.4 Å². The highest BCUT2D eigenvalue weighted by Crippen LogP contribution is 1.97. The molecule has 0 heterocycles. The fraction of sp³-hybridized carbons (Fsp3) is 0.917. The van der Waals surface area contributed by atoms with Crippen LogP contribution in [-0.4, -0.2) is 43.5 Å². The molecule has 17 heavy (non-hydrogen) atoms. The first kappa shape index (κ1) is 19.0. The van der Waals surface area contributed by atoms with Crippen molar-refractivity contribution < 1.29 is 4.79 Å². The first-order chi connectivity index (χ1) is 7.49. The molecule has 0 aliphatic rings. The second kappa shape index (κ2) is 10.8. The van der Waals surface area contributed by atoms with E-state index in [1.165, 1.54) is 12.8 Å². The molecular weight excluding hydrogens is 238 g/mol. The standard InChI is InChI=1S/C12H27N3O.ClH/c1-5-6-8-15(4)9-7-14-12(16)11(13)10(2)3;/h10-11H,5-9,13H2,1-4H3,(H,14,16);1H/t11-;/m0./s1. The summed E-state index contributed by atoms with van der Waals surface area (Å²) >= 11 is 0. The highest BCUT2D eigenvalue weighted by Gasteiger charge is 2.16. The van der Waals surface area contributed by atoms with Crippen molar-refractivity contribution in [1.29, 1.82) is 0 Å². The number of rotatable bonds is 8. The summed E-state index contributed by atoms with van der Waals surface area (Å²) in [5.74, 6) is 0.150. The first-order valence-corrected chi connectivity index (χ1v) is 6.20. The third-order valence-electron chi connectivity index (χ3n) is 2.71. The zero-order valence-electron chi connectivity index (χ0n) is 11.5. The van der Waals surface area contributed by atoms with Gasteiger partial charge in [-0.3, -0.25) is 4.79 Å². The minimum Gasteiger partial charge on any atom is -0.353 e. The van der Waals surface area contributed by atoms with Crippen LogP contribution in [-0.2, 0) is 4.79 Å². The van der Waals surface area contributed by atoms with Gasteiger partial charge in [0, 0.05) is 13.1 Å². The van der Waals surface area contributed by atoms with Crippen LogP contribution in [0.15, 0.2) is 0 Å². The second-order valence-electron chi connectivity index (χ2n) is 4.72. The van der Waals surface area contributed by atoms with E-state index in [0.717, 1.165) is 13.1 Å². The number of unbranched alkanes of at least 4 members (excludes halogenated alkanes) is 1. The predicted molar refractivity (Wildman–Crippen MR) is 75.5 cm³/mol. The minimum atomic E-state index is -0.388. The van der Waals surface area contributed by atoms with Gasteiger partial charge in [0.25, 0.3) is 0 Å². The van der Waals surface area contributed by atoms with E-state index < -0.39 is 0 Å². The van der Waals surface area contributed by atoms with E-state index in [2.05, 4.69) is 24.2 Å². The van der Waals surface area contributed by atoms with Gasteiger partial charge in [0.15, 0.2) is 0 Å². The summed E-state index contributed by atoms with van der Waals surface area (Å²) in [6, 6.07) is -0.388. The van der Waals surface area contributed by atoms with Gasteiger partial charge in [-0.25, -0.2) is 0 Å². The van der Waals surface area contributed by atoms with E-state index >= 15 is 0 Å². The molecule has 0 aromatic heterocycles. The summed E-state index contributed by atoms with van der Waals surface area (Å²) in [5, 5.41) is 2.87. The maximum atomic E-state index is 11.5. The Labute approximate surface area is 112 Å². The molecule has 0 fully saturated rings. The maximum absolute atomic E-state index is 11.5. The summed E-state index contributed by atoms with van der Waals surface area (Å²) in [6.45, 7) is 8.74. The second-order valence-corrected chi connectivity index (χ2v) is 4.72. The zero-order valence-corrected chi connectivity index (χ0v) is 12.3. The number of likely N-dealkylation sites (N-methyl/N-ethyl adjacent to an activating group) is 1. The van der Waals surface area contributed by atoms with Crippen LogP contribution in [0.4, 0.5) is 0 Å². The Balaban J connectivity index is 0. The van der Waals surface area contributed by atoms with E-state index in [4.69, 9.17) is 5.73 Å². The van der Waals surface area contributed by atoms with Crippen LogP contribution in [0.1, 0.15) is 33.6 Å². The van der Waals surface area contributed by atoms with Crippen molar-refractivity contribution in [3.63, 3.8) is 0 Å². The number of halogens is 1. The molecule has 1 amide bonds. The van der Waals surface area contributed by atoms with Gasteiger partial charge in [0.05, 0.1) is 6.04 Å². The third-order valence-corrected chi connectivity index (χ3v) is 2.71. The number of hydrogen-bond acceptors (Lipinski definition) is 3. The van der Waals surface area contributed by atoms with Crippen LogP contribution < -0.4 is 11.1 Å². The largest absolute Gasteiger partial charge is 0.353 e. The molecule has 1 atom stereocenters. The van der Waals surface area contributed by atoms with Crippen molar-refractivity contribution in [3.05, 3.63) is 0 Å². The highest BCUT2D eigenvalue weighted by molar-refractivity contribution is 5.85. The van der Waals surface area contributed by atoms with Crippen molar-refractivity contribution >= 4 is 18.3 Å². The summed E-state index contributed by atoms with van der Waals surface area (Å²) in [7, 11) is 2.07. The SMILES string of the molecule is CCCCN(C)CCNC(=O)[C@@H](N)C(C)C.Cl. The van der Waals surface area contributed by atoms with Gasteiger partial charge in [-0.05, 0) is 25.9 Å². The zero-order chi connectivity index (χ0) is 12.6. The lowest BCUT2D eigenvalue weighted by Crippen LogP contribution is -2.45. The van der Waals surface area contributed by atoms with Gasteiger partial charge in [0.2, 0.25) is 5.91 Å². The molecule has 104 valence electrons. The fourth-order valence-corrected chi connectivity index (χ4v) is 1.33. The van der Waals surface area contributed by atoms with Gasteiger partial charge in [-0.2, -0.15) is 0 Å². The van der Waals surface area contributed by atoms with Crippen molar-refractivity contribution in [2.24, 2.45) is 11.7 Å². The molecule has 0 aliphatic heterocycles. The molecule has 0 saturated carbocycles. The third kappa shape index (κ3) is 9.39. The number of nitrogens with zero attached hydrogens (tertiary/aromatic N) is 1. The summed E-state index contributed by atoms with van der Waals surface area (Å²) < 4.78 is 0. The van der Waals surface area contributed by atoms with Crippen molar-refractivity contribution in [1.82, 2.24) is 10.2 Å². The highest BCUT2D eigenvalue weighted by atomic mass is 35.5. The average molecular weight is 266 g/mol. The van der Waals surface area contributed by atoms with Gasteiger partial charge in [0.1, 0.15) is 0 Å². The van der Waals surface area contributed by atoms with Crippen molar-refractivity contribution in [2.75, 3.05) is 26.7 Å². The van der Waals surface area contributed by atoms with Gasteiger partial charge >= 0.3 is 0 Å². The lowest BCUT2D eigenvalue weighted by atomic mass is 10.1. The molecule has 0 aromatic carbocycles. The molecule has 4 nitrogen and oxygen atoms in total. The number of nitrogens with one attached hydrogen (secondary N) is 1. The Morgan fingerprint density at radius 3 is 2.41 bits per heavy atom.